The molecule has 29 heavy (non-hydrogen) atoms. The summed E-state index contributed by atoms with van der Waals surface area (Å²) in [6.45, 7) is 7.46. The molecule has 0 spiro atoms. The number of likely N-dealkylation sites (N-methyl/N-ethyl adjacent to an activating group) is 1. The number of aliphatic imine (C=N–C) groups is 1. The normalized spacial score (nSPS) is 21.2. The SMILES string of the molecule is CN=C(NCCCCN1CCN(C)CC1)NC1CC(=O)N(c2ccccc2)C1.I. The van der Waals surface area contributed by atoms with Crippen LogP contribution in [-0.4, -0.2) is 87.6 Å². The molecule has 0 bridgehead atoms. The van der Waals surface area contributed by atoms with Crippen LogP contribution in [0.5, 0.6) is 0 Å². The van der Waals surface area contributed by atoms with Crippen LogP contribution in [0.1, 0.15) is 19.3 Å². The highest BCUT2D eigenvalue weighted by molar-refractivity contribution is 14.0. The molecule has 1 aromatic rings. The van der Waals surface area contributed by atoms with Gasteiger partial charge in [0.05, 0.1) is 6.04 Å². The molecule has 0 aromatic heterocycles. The Balaban J connectivity index is 0.00000300. The van der Waals surface area contributed by atoms with Gasteiger partial charge in [-0.1, -0.05) is 18.2 Å². The van der Waals surface area contributed by atoms with Crippen LogP contribution in [0.25, 0.3) is 0 Å². The number of anilines is 1. The third kappa shape index (κ3) is 7.42. The van der Waals surface area contributed by atoms with Gasteiger partial charge in [0.15, 0.2) is 5.96 Å². The number of unbranched alkanes of at least 4 members (excludes halogenated alkanes) is 1. The highest BCUT2D eigenvalue weighted by Gasteiger charge is 2.30. The quantitative estimate of drug-likeness (QED) is 0.251. The molecule has 3 rings (SSSR count). The lowest BCUT2D eigenvalue weighted by Gasteiger charge is -2.32. The van der Waals surface area contributed by atoms with E-state index in [-0.39, 0.29) is 35.9 Å². The Morgan fingerprint density at radius 3 is 2.55 bits per heavy atom. The first-order valence-corrected chi connectivity index (χ1v) is 10.4. The summed E-state index contributed by atoms with van der Waals surface area (Å²) in [4.78, 5) is 23.5. The van der Waals surface area contributed by atoms with E-state index in [1.54, 1.807) is 7.05 Å². The maximum atomic E-state index is 12.3. The number of para-hydroxylation sites is 1. The second-order valence-corrected chi connectivity index (χ2v) is 7.74. The maximum absolute atomic E-state index is 12.3. The minimum Gasteiger partial charge on any atom is -0.356 e. The minimum absolute atomic E-state index is 0. The molecular formula is C21H35IN6O. The van der Waals surface area contributed by atoms with Crippen LogP contribution in [-0.2, 0) is 4.79 Å². The fraction of sp³-hybridized carbons (Fsp3) is 0.619. The van der Waals surface area contributed by atoms with Gasteiger partial charge in [-0.15, -0.1) is 24.0 Å². The summed E-state index contributed by atoms with van der Waals surface area (Å²) in [7, 11) is 3.97. The van der Waals surface area contributed by atoms with Crippen molar-refractivity contribution in [1.29, 1.82) is 0 Å². The number of hydrogen-bond acceptors (Lipinski definition) is 4. The van der Waals surface area contributed by atoms with Gasteiger partial charge in [-0.2, -0.15) is 0 Å². The first kappa shape index (κ1) is 23.9. The zero-order chi connectivity index (χ0) is 19.8. The molecule has 2 saturated heterocycles. The lowest BCUT2D eigenvalue weighted by atomic mass is 10.2. The Kier molecular flexibility index (Phi) is 10.2. The zero-order valence-electron chi connectivity index (χ0n) is 17.6. The van der Waals surface area contributed by atoms with Gasteiger partial charge in [0.2, 0.25) is 5.91 Å². The Labute approximate surface area is 191 Å². The molecule has 0 aliphatic carbocycles. The number of guanidine groups is 1. The standard InChI is InChI=1S/C21H34N6O.HI/c1-22-21(23-10-6-7-11-26-14-12-25(2)13-15-26)24-18-16-20(28)27(17-18)19-8-4-3-5-9-19;/h3-5,8-9,18H,6-7,10-17H2,1-2H3,(H2,22,23,24);1H. The summed E-state index contributed by atoms with van der Waals surface area (Å²) < 4.78 is 0. The monoisotopic (exact) mass is 514 g/mol. The molecule has 2 aliphatic heterocycles. The van der Waals surface area contributed by atoms with Crippen LogP contribution in [0.15, 0.2) is 35.3 Å². The van der Waals surface area contributed by atoms with Gasteiger partial charge in [-0.05, 0) is 38.6 Å². The molecule has 8 heteroatoms. The van der Waals surface area contributed by atoms with Crippen molar-refractivity contribution in [3.63, 3.8) is 0 Å². The van der Waals surface area contributed by atoms with Gasteiger partial charge in [0.25, 0.3) is 0 Å². The van der Waals surface area contributed by atoms with E-state index in [2.05, 4.69) is 32.5 Å². The second-order valence-electron chi connectivity index (χ2n) is 7.74. The fourth-order valence-electron chi connectivity index (χ4n) is 3.79. The number of rotatable bonds is 7. The summed E-state index contributed by atoms with van der Waals surface area (Å²) in [6, 6.07) is 9.94. The van der Waals surface area contributed by atoms with E-state index in [4.69, 9.17) is 0 Å². The van der Waals surface area contributed by atoms with Gasteiger partial charge in [-0.25, -0.2) is 0 Å². The highest BCUT2D eigenvalue weighted by Crippen LogP contribution is 2.20. The van der Waals surface area contributed by atoms with Crippen molar-refractivity contribution in [2.24, 2.45) is 4.99 Å². The number of piperazine rings is 1. The fourth-order valence-corrected chi connectivity index (χ4v) is 3.79. The molecular weight excluding hydrogens is 479 g/mol. The lowest BCUT2D eigenvalue weighted by Crippen LogP contribution is -2.45. The zero-order valence-corrected chi connectivity index (χ0v) is 20.0. The van der Waals surface area contributed by atoms with Gasteiger partial charge in [-0.3, -0.25) is 9.79 Å². The summed E-state index contributed by atoms with van der Waals surface area (Å²) in [5.74, 6) is 0.943. The first-order valence-electron chi connectivity index (χ1n) is 10.4. The molecule has 1 unspecified atom stereocenters. The van der Waals surface area contributed by atoms with Crippen LogP contribution < -0.4 is 15.5 Å². The van der Waals surface area contributed by atoms with Crippen molar-refractivity contribution < 1.29 is 4.79 Å². The van der Waals surface area contributed by atoms with Crippen molar-refractivity contribution in [3.05, 3.63) is 30.3 Å². The third-order valence-corrected chi connectivity index (χ3v) is 5.55. The number of amides is 1. The van der Waals surface area contributed by atoms with E-state index < -0.39 is 0 Å². The molecule has 1 aromatic carbocycles. The van der Waals surface area contributed by atoms with Crippen LogP contribution in [0.4, 0.5) is 5.69 Å². The predicted molar refractivity (Wildman–Crippen MR) is 130 cm³/mol. The number of carbonyl (C=O) groups excluding carboxylic acids is 1. The third-order valence-electron chi connectivity index (χ3n) is 5.55. The second kappa shape index (κ2) is 12.3. The average Bonchev–Trinajstić information content (AvgIpc) is 3.09. The van der Waals surface area contributed by atoms with Gasteiger partial charge in [0.1, 0.15) is 0 Å². The van der Waals surface area contributed by atoms with E-state index in [1.807, 2.05) is 35.2 Å². The van der Waals surface area contributed by atoms with Crippen molar-refractivity contribution in [2.75, 3.05) is 64.8 Å². The average molecular weight is 514 g/mol. The summed E-state index contributed by atoms with van der Waals surface area (Å²) in [5, 5.41) is 6.79. The van der Waals surface area contributed by atoms with Crippen molar-refractivity contribution in [2.45, 2.75) is 25.3 Å². The molecule has 0 saturated carbocycles. The minimum atomic E-state index is 0. The van der Waals surface area contributed by atoms with E-state index in [0.29, 0.717) is 13.0 Å². The largest absolute Gasteiger partial charge is 0.356 e. The maximum Gasteiger partial charge on any atom is 0.229 e. The Bertz CT molecular complexity index is 648. The highest BCUT2D eigenvalue weighted by atomic mass is 127. The van der Waals surface area contributed by atoms with E-state index in [9.17, 15) is 4.79 Å². The predicted octanol–water partition coefficient (Wildman–Crippen LogP) is 1.60. The van der Waals surface area contributed by atoms with Gasteiger partial charge in [0, 0.05) is 58.4 Å². The first-order chi connectivity index (χ1) is 13.7. The smallest absolute Gasteiger partial charge is 0.229 e. The van der Waals surface area contributed by atoms with Crippen molar-refractivity contribution in [3.8, 4) is 0 Å². The number of benzene rings is 1. The Morgan fingerprint density at radius 2 is 1.86 bits per heavy atom. The summed E-state index contributed by atoms with van der Waals surface area (Å²) in [6.07, 6.45) is 2.81. The van der Waals surface area contributed by atoms with Crippen LogP contribution in [0.3, 0.4) is 0 Å². The van der Waals surface area contributed by atoms with Crippen LogP contribution in [0, 0.1) is 0 Å². The number of nitrogens with zero attached hydrogens (tertiary/aromatic N) is 4. The number of carbonyl (C=O) groups is 1. The molecule has 2 heterocycles. The Hall–Kier alpha value is -1.39. The molecule has 1 atom stereocenters. The lowest BCUT2D eigenvalue weighted by molar-refractivity contribution is -0.117. The number of hydrogen-bond donors (Lipinski definition) is 2. The van der Waals surface area contributed by atoms with E-state index in [0.717, 1.165) is 24.6 Å². The van der Waals surface area contributed by atoms with E-state index >= 15 is 0 Å². The number of halogens is 1. The van der Waals surface area contributed by atoms with Gasteiger partial charge >= 0.3 is 0 Å². The van der Waals surface area contributed by atoms with E-state index in [1.165, 1.54) is 39.1 Å². The molecule has 162 valence electrons. The summed E-state index contributed by atoms with van der Waals surface area (Å²) >= 11 is 0. The molecule has 2 N–H and O–H groups in total. The topological polar surface area (TPSA) is 63.2 Å². The van der Waals surface area contributed by atoms with Crippen molar-refractivity contribution in [1.82, 2.24) is 20.4 Å². The molecule has 7 nitrogen and oxygen atoms in total. The van der Waals surface area contributed by atoms with Gasteiger partial charge < -0.3 is 25.3 Å². The van der Waals surface area contributed by atoms with Crippen molar-refractivity contribution >= 4 is 41.5 Å². The summed E-state index contributed by atoms with van der Waals surface area (Å²) in [5.41, 5.74) is 0.962. The molecule has 1 amide bonds. The molecule has 2 fully saturated rings. The molecule has 0 radical (unpaired) electrons. The molecule has 2 aliphatic rings. The number of nitrogens with one attached hydrogen (secondary N) is 2. The Morgan fingerprint density at radius 1 is 1.14 bits per heavy atom. The van der Waals surface area contributed by atoms with Crippen LogP contribution in [0.2, 0.25) is 0 Å². The van der Waals surface area contributed by atoms with Crippen LogP contribution >= 0.6 is 24.0 Å².